The fourth-order valence-corrected chi connectivity index (χ4v) is 3.93. The highest BCUT2D eigenvalue weighted by molar-refractivity contribution is 7.18. The third kappa shape index (κ3) is 3.42. The predicted octanol–water partition coefficient (Wildman–Crippen LogP) is 1.79. The molecular formula is C15H18N4O3S. The topological polar surface area (TPSA) is 93.2 Å². The van der Waals surface area contributed by atoms with Gasteiger partial charge in [0.25, 0.3) is 5.91 Å². The monoisotopic (exact) mass is 334 g/mol. The van der Waals surface area contributed by atoms with Crippen molar-refractivity contribution < 1.29 is 14.3 Å². The van der Waals surface area contributed by atoms with Crippen LogP contribution in [0.1, 0.15) is 29.7 Å². The summed E-state index contributed by atoms with van der Waals surface area (Å²) in [7, 11) is 1.44. The van der Waals surface area contributed by atoms with Crippen LogP contribution in [0.15, 0.2) is 6.33 Å². The first-order valence-electron chi connectivity index (χ1n) is 7.58. The molecule has 3 amide bonds. The number of aromatic nitrogens is 2. The molecule has 2 aromatic rings. The van der Waals surface area contributed by atoms with Gasteiger partial charge in [-0.2, -0.15) is 0 Å². The number of fused-ring (bicyclic) bond motifs is 3. The minimum atomic E-state index is -0.559. The zero-order valence-corrected chi connectivity index (χ0v) is 13.7. The number of hydrogen-bond acceptors (Lipinski definition) is 6. The maximum absolute atomic E-state index is 11.7. The molecule has 0 saturated carbocycles. The van der Waals surface area contributed by atoms with E-state index in [4.69, 9.17) is 4.74 Å². The van der Waals surface area contributed by atoms with Crippen LogP contribution in [0, 0.1) is 0 Å². The number of amides is 3. The van der Waals surface area contributed by atoms with E-state index in [2.05, 4.69) is 20.6 Å². The minimum absolute atomic E-state index is 0.260. The number of thiophene rings is 1. The Morgan fingerprint density at radius 3 is 2.91 bits per heavy atom. The van der Waals surface area contributed by atoms with Gasteiger partial charge in [-0.3, -0.25) is 10.1 Å². The minimum Gasteiger partial charge on any atom is -0.467 e. The lowest BCUT2D eigenvalue weighted by Gasteiger charge is -2.07. The molecule has 0 bridgehead atoms. The largest absolute Gasteiger partial charge is 0.467 e. The summed E-state index contributed by atoms with van der Waals surface area (Å²) in [5.74, 6) is -0.0983. The van der Waals surface area contributed by atoms with Crippen LogP contribution in [0.2, 0.25) is 0 Å². The number of hydrogen-bond donors (Lipinski definition) is 2. The number of carbonyl (C=O) groups excluding carboxylic acids is 2. The van der Waals surface area contributed by atoms with Gasteiger partial charge in [0.05, 0.1) is 5.39 Å². The summed E-state index contributed by atoms with van der Waals surface area (Å²) in [6.07, 6.45) is 7.06. The first-order valence-corrected chi connectivity index (χ1v) is 8.40. The van der Waals surface area contributed by atoms with Crippen molar-refractivity contribution in [3.63, 3.8) is 0 Å². The number of aryl methyl sites for hydroxylation is 2. The summed E-state index contributed by atoms with van der Waals surface area (Å²) in [5.41, 5.74) is 1.25. The lowest BCUT2D eigenvalue weighted by atomic mass is 10.1. The lowest BCUT2D eigenvalue weighted by molar-refractivity contribution is -0.122. The molecule has 0 radical (unpaired) electrons. The Balaban J connectivity index is 1.82. The number of ether oxygens (including phenoxy) is 1. The van der Waals surface area contributed by atoms with Crippen LogP contribution < -0.4 is 15.4 Å². The van der Waals surface area contributed by atoms with Crippen molar-refractivity contribution >= 4 is 33.5 Å². The average molecular weight is 334 g/mol. The van der Waals surface area contributed by atoms with Gasteiger partial charge in [0.1, 0.15) is 11.2 Å². The summed E-state index contributed by atoms with van der Waals surface area (Å²) in [6, 6.07) is -0.559. The number of carbonyl (C=O) groups is 2. The Bertz CT molecular complexity index is 744. The molecule has 23 heavy (non-hydrogen) atoms. The summed E-state index contributed by atoms with van der Waals surface area (Å²) in [4.78, 5) is 33.5. The molecule has 2 heterocycles. The maximum atomic E-state index is 11.7. The Kier molecular flexibility index (Phi) is 4.71. The smallest absolute Gasteiger partial charge is 0.321 e. The van der Waals surface area contributed by atoms with E-state index >= 15 is 0 Å². The zero-order chi connectivity index (χ0) is 16.2. The Morgan fingerprint density at radius 1 is 1.26 bits per heavy atom. The molecule has 0 aromatic carbocycles. The van der Waals surface area contributed by atoms with E-state index in [1.807, 2.05) is 0 Å². The number of nitrogens with one attached hydrogen (secondary N) is 2. The molecular weight excluding hydrogens is 316 g/mol. The third-order valence-corrected chi connectivity index (χ3v) is 4.99. The first-order chi connectivity index (χ1) is 11.2. The normalized spacial score (nSPS) is 14.0. The highest BCUT2D eigenvalue weighted by Gasteiger charge is 2.20. The molecule has 2 aromatic heterocycles. The second kappa shape index (κ2) is 6.91. The van der Waals surface area contributed by atoms with Crippen molar-refractivity contribution in [2.45, 2.75) is 32.1 Å². The van der Waals surface area contributed by atoms with Crippen LogP contribution >= 0.6 is 11.3 Å². The Hall–Kier alpha value is -2.22. The molecule has 0 saturated heterocycles. The van der Waals surface area contributed by atoms with E-state index < -0.39 is 11.9 Å². The van der Waals surface area contributed by atoms with Gasteiger partial charge in [-0.25, -0.2) is 14.8 Å². The van der Waals surface area contributed by atoms with Crippen molar-refractivity contribution in [1.29, 1.82) is 0 Å². The number of rotatable bonds is 3. The third-order valence-electron chi connectivity index (χ3n) is 3.79. The van der Waals surface area contributed by atoms with Gasteiger partial charge in [-0.05, 0) is 31.2 Å². The van der Waals surface area contributed by atoms with Gasteiger partial charge in [-0.15, -0.1) is 11.3 Å². The lowest BCUT2D eigenvalue weighted by Crippen LogP contribution is -2.40. The highest BCUT2D eigenvalue weighted by atomic mass is 32.1. The second-order valence-corrected chi connectivity index (χ2v) is 6.42. The first kappa shape index (κ1) is 15.7. The van der Waals surface area contributed by atoms with E-state index in [-0.39, 0.29) is 6.61 Å². The summed E-state index contributed by atoms with van der Waals surface area (Å²) in [5, 5.41) is 5.39. The maximum Gasteiger partial charge on any atom is 0.321 e. The van der Waals surface area contributed by atoms with E-state index in [0.29, 0.717) is 5.88 Å². The van der Waals surface area contributed by atoms with E-state index in [0.717, 1.165) is 29.5 Å². The van der Waals surface area contributed by atoms with Crippen molar-refractivity contribution in [2.24, 2.45) is 0 Å². The predicted molar refractivity (Wildman–Crippen MR) is 86.8 cm³/mol. The molecule has 0 atom stereocenters. The SMILES string of the molecule is CNC(=O)NC(=O)COc1ncnc2sc3c(c12)CCCCC3. The second-order valence-electron chi connectivity index (χ2n) is 5.34. The fraction of sp³-hybridized carbons (Fsp3) is 0.467. The van der Waals surface area contributed by atoms with Gasteiger partial charge < -0.3 is 10.1 Å². The van der Waals surface area contributed by atoms with Gasteiger partial charge >= 0.3 is 6.03 Å². The molecule has 2 N–H and O–H groups in total. The number of nitrogens with zero attached hydrogens (tertiary/aromatic N) is 2. The van der Waals surface area contributed by atoms with E-state index in [1.165, 1.54) is 36.7 Å². The van der Waals surface area contributed by atoms with Crippen molar-refractivity contribution in [3.05, 3.63) is 16.8 Å². The van der Waals surface area contributed by atoms with Crippen LogP contribution in [0.5, 0.6) is 5.88 Å². The molecule has 3 rings (SSSR count). The van der Waals surface area contributed by atoms with Crippen LogP contribution in [-0.2, 0) is 17.6 Å². The zero-order valence-electron chi connectivity index (χ0n) is 12.8. The number of urea groups is 1. The van der Waals surface area contributed by atoms with E-state index in [9.17, 15) is 9.59 Å². The van der Waals surface area contributed by atoms with Gasteiger partial charge in [-0.1, -0.05) is 6.42 Å². The summed E-state index contributed by atoms with van der Waals surface area (Å²) in [6.45, 7) is -0.260. The average Bonchev–Trinajstić information content (AvgIpc) is 2.75. The molecule has 0 fully saturated rings. The highest BCUT2D eigenvalue weighted by Crippen LogP contribution is 2.38. The Morgan fingerprint density at radius 2 is 2.09 bits per heavy atom. The molecule has 0 unspecified atom stereocenters. The summed E-state index contributed by atoms with van der Waals surface area (Å²) < 4.78 is 5.56. The standard InChI is InChI=1S/C15H18N4O3S/c1-16-15(21)19-11(20)7-22-13-12-9-5-3-2-4-6-10(9)23-14(12)18-8-17-13/h8H,2-7H2,1H3,(H2,16,19,20,21). The van der Waals surface area contributed by atoms with Crippen LogP contribution in [0.4, 0.5) is 4.79 Å². The van der Waals surface area contributed by atoms with Gasteiger partial charge in [0, 0.05) is 11.9 Å². The Labute approximate surface area is 137 Å². The van der Waals surface area contributed by atoms with Crippen molar-refractivity contribution in [2.75, 3.05) is 13.7 Å². The van der Waals surface area contributed by atoms with Crippen LogP contribution in [0.25, 0.3) is 10.2 Å². The molecule has 0 aliphatic heterocycles. The molecule has 8 heteroatoms. The molecule has 0 spiro atoms. The van der Waals surface area contributed by atoms with Crippen LogP contribution in [-0.4, -0.2) is 35.6 Å². The molecule has 7 nitrogen and oxygen atoms in total. The molecule has 1 aliphatic rings. The summed E-state index contributed by atoms with van der Waals surface area (Å²) >= 11 is 1.68. The van der Waals surface area contributed by atoms with E-state index in [1.54, 1.807) is 11.3 Å². The van der Waals surface area contributed by atoms with Crippen LogP contribution in [0.3, 0.4) is 0 Å². The van der Waals surface area contributed by atoms with Gasteiger partial charge in [0.2, 0.25) is 5.88 Å². The number of imide groups is 1. The quantitative estimate of drug-likeness (QED) is 0.835. The van der Waals surface area contributed by atoms with Crippen molar-refractivity contribution in [1.82, 2.24) is 20.6 Å². The van der Waals surface area contributed by atoms with Crippen molar-refractivity contribution in [3.8, 4) is 5.88 Å². The van der Waals surface area contributed by atoms with Gasteiger partial charge in [0.15, 0.2) is 6.61 Å². The molecule has 1 aliphatic carbocycles. The fourth-order valence-electron chi connectivity index (χ4n) is 2.71. The molecule has 122 valence electrons.